The summed E-state index contributed by atoms with van der Waals surface area (Å²) in [4.78, 5) is 0. The number of methoxy groups -OCH3 is 1. The van der Waals surface area contributed by atoms with Crippen molar-refractivity contribution in [3.8, 4) is 0 Å². The zero-order valence-corrected chi connectivity index (χ0v) is 10.5. The minimum Gasteiger partial charge on any atom is -0.390 e. The van der Waals surface area contributed by atoms with Crippen molar-refractivity contribution in [1.82, 2.24) is 0 Å². The Kier molecular flexibility index (Phi) is 4.02. The van der Waals surface area contributed by atoms with Crippen LogP contribution in [0.2, 0.25) is 5.02 Å². The van der Waals surface area contributed by atoms with Crippen LogP contribution in [0.15, 0.2) is 18.2 Å². The Bertz CT molecular complexity index is 393. The van der Waals surface area contributed by atoms with Gasteiger partial charge in [0.1, 0.15) is 5.82 Å². The standard InChI is InChI=1S/C13H16ClFO2/c1-17-13(8-5-6-8)11(16)7-9-3-2-4-10(14)12(9)15/h2-4,8,11,13,16H,5-7H2,1H3. The fourth-order valence-corrected chi connectivity index (χ4v) is 2.33. The molecule has 1 saturated carbocycles. The number of hydrogen-bond donors (Lipinski definition) is 1. The van der Waals surface area contributed by atoms with E-state index in [4.69, 9.17) is 16.3 Å². The lowest BCUT2D eigenvalue weighted by molar-refractivity contribution is -0.0240. The number of aliphatic hydroxyl groups is 1. The predicted molar refractivity (Wildman–Crippen MR) is 64.6 cm³/mol. The maximum absolute atomic E-state index is 13.7. The van der Waals surface area contributed by atoms with Gasteiger partial charge >= 0.3 is 0 Å². The lowest BCUT2D eigenvalue weighted by Gasteiger charge is -2.21. The van der Waals surface area contributed by atoms with E-state index in [1.165, 1.54) is 6.07 Å². The van der Waals surface area contributed by atoms with Crippen molar-refractivity contribution >= 4 is 11.6 Å². The molecule has 0 radical (unpaired) electrons. The van der Waals surface area contributed by atoms with Gasteiger partial charge in [0, 0.05) is 13.5 Å². The summed E-state index contributed by atoms with van der Waals surface area (Å²) in [5, 5.41) is 10.1. The molecule has 1 aromatic rings. The van der Waals surface area contributed by atoms with Crippen LogP contribution >= 0.6 is 11.6 Å². The molecule has 1 N–H and O–H groups in total. The second kappa shape index (κ2) is 5.34. The van der Waals surface area contributed by atoms with Crippen LogP contribution in [0.4, 0.5) is 4.39 Å². The predicted octanol–water partition coefficient (Wildman–Crippen LogP) is 2.81. The summed E-state index contributed by atoms with van der Waals surface area (Å²) >= 11 is 5.70. The first-order valence-electron chi connectivity index (χ1n) is 5.77. The van der Waals surface area contributed by atoms with E-state index < -0.39 is 11.9 Å². The first-order chi connectivity index (χ1) is 8.13. The van der Waals surface area contributed by atoms with Crippen LogP contribution in [0.5, 0.6) is 0 Å². The van der Waals surface area contributed by atoms with Crippen LogP contribution in [0.3, 0.4) is 0 Å². The quantitative estimate of drug-likeness (QED) is 0.880. The Morgan fingerprint density at radius 2 is 2.24 bits per heavy atom. The molecular formula is C13H16ClFO2. The van der Waals surface area contributed by atoms with Crippen molar-refractivity contribution in [1.29, 1.82) is 0 Å². The molecule has 2 atom stereocenters. The maximum Gasteiger partial charge on any atom is 0.145 e. The van der Waals surface area contributed by atoms with Gasteiger partial charge in [0.05, 0.1) is 17.2 Å². The van der Waals surface area contributed by atoms with Crippen molar-refractivity contribution in [2.45, 2.75) is 31.5 Å². The van der Waals surface area contributed by atoms with Gasteiger partial charge in [-0.05, 0) is 30.4 Å². The fourth-order valence-electron chi connectivity index (χ4n) is 2.14. The van der Waals surface area contributed by atoms with Crippen molar-refractivity contribution in [2.24, 2.45) is 5.92 Å². The topological polar surface area (TPSA) is 29.5 Å². The number of rotatable bonds is 5. The zero-order valence-electron chi connectivity index (χ0n) is 9.70. The van der Waals surface area contributed by atoms with Gasteiger partial charge in [0.2, 0.25) is 0 Å². The molecule has 1 fully saturated rings. The van der Waals surface area contributed by atoms with Gasteiger partial charge in [0.25, 0.3) is 0 Å². The molecule has 2 unspecified atom stereocenters. The maximum atomic E-state index is 13.7. The summed E-state index contributed by atoms with van der Waals surface area (Å²) in [7, 11) is 1.58. The van der Waals surface area contributed by atoms with Gasteiger partial charge in [-0.2, -0.15) is 0 Å². The van der Waals surface area contributed by atoms with E-state index in [1.54, 1.807) is 19.2 Å². The molecule has 0 aromatic heterocycles. The fraction of sp³-hybridized carbons (Fsp3) is 0.538. The van der Waals surface area contributed by atoms with Crippen LogP contribution in [0, 0.1) is 11.7 Å². The third-order valence-corrected chi connectivity index (χ3v) is 3.49. The molecule has 1 aromatic carbocycles. The normalized spacial score (nSPS) is 19.1. The third kappa shape index (κ3) is 2.97. The average Bonchev–Trinajstić information content (AvgIpc) is 3.10. The molecular weight excluding hydrogens is 243 g/mol. The number of halogens is 2. The van der Waals surface area contributed by atoms with Gasteiger partial charge in [-0.15, -0.1) is 0 Å². The lowest BCUT2D eigenvalue weighted by Crippen LogP contribution is -2.32. The monoisotopic (exact) mass is 258 g/mol. The van der Waals surface area contributed by atoms with E-state index in [0.717, 1.165) is 12.8 Å². The molecule has 0 saturated heterocycles. The smallest absolute Gasteiger partial charge is 0.145 e. The summed E-state index contributed by atoms with van der Waals surface area (Å²) in [6.07, 6.45) is 1.51. The summed E-state index contributed by atoms with van der Waals surface area (Å²) in [6, 6.07) is 4.83. The summed E-state index contributed by atoms with van der Waals surface area (Å²) < 4.78 is 18.9. The molecule has 2 nitrogen and oxygen atoms in total. The molecule has 0 spiro atoms. The van der Waals surface area contributed by atoms with Crippen LogP contribution in [-0.2, 0) is 11.2 Å². The second-order valence-electron chi connectivity index (χ2n) is 4.52. The van der Waals surface area contributed by atoms with Crippen LogP contribution < -0.4 is 0 Å². The SMILES string of the molecule is COC(C(O)Cc1cccc(Cl)c1F)C1CC1. The molecule has 0 amide bonds. The highest BCUT2D eigenvalue weighted by Crippen LogP contribution is 2.36. The van der Waals surface area contributed by atoms with E-state index in [2.05, 4.69) is 0 Å². The van der Waals surface area contributed by atoms with Gasteiger partial charge < -0.3 is 9.84 Å². The largest absolute Gasteiger partial charge is 0.390 e. The minimum absolute atomic E-state index is 0.0927. The summed E-state index contributed by atoms with van der Waals surface area (Å²) in [5.41, 5.74) is 0.438. The number of aliphatic hydroxyl groups excluding tert-OH is 1. The van der Waals surface area contributed by atoms with Crippen molar-refractivity contribution < 1.29 is 14.2 Å². The molecule has 2 rings (SSSR count). The van der Waals surface area contributed by atoms with Crippen LogP contribution in [0.1, 0.15) is 18.4 Å². The number of ether oxygens (including phenoxy) is 1. The first kappa shape index (κ1) is 12.8. The Balaban J connectivity index is 2.06. The highest BCUT2D eigenvalue weighted by atomic mass is 35.5. The lowest BCUT2D eigenvalue weighted by atomic mass is 10.0. The van der Waals surface area contributed by atoms with E-state index in [9.17, 15) is 9.50 Å². The molecule has 4 heteroatoms. The Labute approximate surface area is 105 Å². The molecule has 1 aliphatic rings. The Morgan fingerprint density at radius 3 is 2.82 bits per heavy atom. The molecule has 0 aliphatic heterocycles. The van der Waals surface area contributed by atoms with E-state index in [1.807, 2.05) is 0 Å². The average molecular weight is 259 g/mol. The summed E-state index contributed by atoms with van der Waals surface area (Å²) in [6.45, 7) is 0. The second-order valence-corrected chi connectivity index (χ2v) is 4.93. The first-order valence-corrected chi connectivity index (χ1v) is 6.15. The van der Waals surface area contributed by atoms with E-state index in [0.29, 0.717) is 11.5 Å². The van der Waals surface area contributed by atoms with Crippen LogP contribution in [0.25, 0.3) is 0 Å². The highest BCUT2D eigenvalue weighted by molar-refractivity contribution is 6.30. The van der Waals surface area contributed by atoms with E-state index in [-0.39, 0.29) is 17.5 Å². The number of benzene rings is 1. The van der Waals surface area contributed by atoms with Crippen molar-refractivity contribution in [2.75, 3.05) is 7.11 Å². The Hall–Kier alpha value is -0.640. The molecule has 17 heavy (non-hydrogen) atoms. The molecule has 0 bridgehead atoms. The molecule has 1 aliphatic carbocycles. The minimum atomic E-state index is -0.680. The zero-order chi connectivity index (χ0) is 12.4. The van der Waals surface area contributed by atoms with Gasteiger partial charge in [-0.25, -0.2) is 4.39 Å². The number of hydrogen-bond acceptors (Lipinski definition) is 2. The van der Waals surface area contributed by atoms with Crippen molar-refractivity contribution in [3.63, 3.8) is 0 Å². The van der Waals surface area contributed by atoms with Crippen molar-refractivity contribution in [3.05, 3.63) is 34.6 Å². The van der Waals surface area contributed by atoms with Gasteiger partial charge in [-0.3, -0.25) is 0 Å². The third-order valence-electron chi connectivity index (χ3n) is 3.20. The Morgan fingerprint density at radius 1 is 1.53 bits per heavy atom. The highest BCUT2D eigenvalue weighted by Gasteiger charge is 2.36. The van der Waals surface area contributed by atoms with Gasteiger partial charge in [0.15, 0.2) is 0 Å². The molecule has 0 heterocycles. The van der Waals surface area contributed by atoms with Crippen LogP contribution in [-0.4, -0.2) is 24.4 Å². The van der Waals surface area contributed by atoms with E-state index >= 15 is 0 Å². The van der Waals surface area contributed by atoms with Gasteiger partial charge in [-0.1, -0.05) is 23.7 Å². The molecule has 94 valence electrons. The summed E-state index contributed by atoms with van der Waals surface area (Å²) in [5.74, 6) is -0.0314.